The molecule has 0 aliphatic rings. The standard InChI is InChI=1S/C11H17NO2S/c1-3-8(7-13)12-11(14)10-6-5-9(4-2)15-10/h5-6,8,13H,3-4,7H2,1-2H3,(H,12,14)/t8-/m0/s1. The normalized spacial score (nSPS) is 12.5. The van der Waals surface area contributed by atoms with E-state index >= 15 is 0 Å². The van der Waals surface area contributed by atoms with E-state index in [-0.39, 0.29) is 18.6 Å². The quantitative estimate of drug-likeness (QED) is 0.806. The maximum Gasteiger partial charge on any atom is 0.261 e. The van der Waals surface area contributed by atoms with Gasteiger partial charge in [-0.15, -0.1) is 11.3 Å². The predicted octanol–water partition coefficient (Wildman–Crippen LogP) is 1.81. The van der Waals surface area contributed by atoms with Gasteiger partial charge in [0.25, 0.3) is 5.91 Å². The van der Waals surface area contributed by atoms with E-state index in [0.717, 1.165) is 17.7 Å². The molecule has 0 spiro atoms. The molecule has 0 radical (unpaired) electrons. The van der Waals surface area contributed by atoms with E-state index in [1.807, 2.05) is 19.1 Å². The number of carbonyl (C=O) groups is 1. The number of hydrogen-bond donors (Lipinski definition) is 2. The zero-order valence-corrected chi connectivity index (χ0v) is 9.93. The summed E-state index contributed by atoms with van der Waals surface area (Å²) in [6.45, 7) is 4.00. The highest BCUT2D eigenvalue weighted by atomic mass is 32.1. The zero-order valence-electron chi connectivity index (χ0n) is 9.12. The molecule has 0 unspecified atom stereocenters. The molecule has 2 N–H and O–H groups in total. The summed E-state index contributed by atoms with van der Waals surface area (Å²) in [5.74, 6) is -0.0828. The first-order chi connectivity index (χ1) is 7.21. The molecule has 3 nitrogen and oxygen atoms in total. The van der Waals surface area contributed by atoms with Gasteiger partial charge >= 0.3 is 0 Å². The molecule has 0 aliphatic carbocycles. The average molecular weight is 227 g/mol. The molecule has 1 amide bonds. The number of hydrogen-bond acceptors (Lipinski definition) is 3. The molecular formula is C11H17NO2S. The Hall–Kier alpha value is -0.870. The van der Waals surface area contributed by atoms with Crippen LogP contribution in [0.15, 0.2) is 12.1 Å². The molecule has 1 rings (SSSR count). The van der Waals surface area contributed by atoms with Gasteiger partial charge in [-0.3, -0.25) is 4.79 Å². The van der Waals surface area contributed by atoms with Crippen LogP contribution < -0.4 is 5.32 Å². The number of rotatable bonds is 5. The second kappa shape index (κ2) is 5.88. The minimum absolute atomic E-state index is 0.00570. The van der Waals surface area contributed by atoms with E-state index in [9.17, 15) is 4.79 Å². The summed E-state index contributed by atoms with van der Waals surface area (Å²) in [5.41, 5.74) is 0. The van der Waals surface area contributed by atoms with Gasteiger partial charge in [-0.05, 0) is 25.0 Å². The molecule has 0 saturated carbocycles. The lowest BCUT2D eigenvalue weighted by molar-refractivity contribution is 0.0919. The molecule has 0 saturated heterocycles. The Balaban J connectivity index is 2.60. The lowest BCUT2D eigenvalue weighted by atomic mass is 10.2. The third-order valence-corrected chi connectivity index (χ3v) is 3.51. The fourth-order valence-corrected chi connectivity index (χ4v) is 2.07. The van der Waals surface area contributed by atoms with E-state index in [4.69, 9.17) is 5.11 Å². The number of thiophene rings is 1. The Kier molecular flexibility index (Phi) is 4.78. The van der Waals surface area contributed by atoms with Crippen molar-refractivity contribution in [2.75, 3.05) is 6.61 Å². The molecule has 0 fully saturated rings. The Labute approximate surface area is 94.1 Å². The van der Waals surface area contributed by atoms with Crippen LogP contribution in [0.4, 0.5) is 0 Å². The molecule has 1 aromatic heterocycles. The van der Waals surface area contributed by atoms with E-state index in [1.165, 1.54) is 16.2 Å². The molecule has 0 aromatic carbocycles. The predicted molar refractivity (Wildman–Crippen MR) is 62.3 cm³/mol. The lowest BCUT2D eigenvalue weighted by Gasteiger charge is -2.12. The maximum absolute atomic E-state index is 11.7. The first kappa shape index (κ1) is 12.2. The summed E-state index contributed by atoms with van der Waals surface area (Å²) >= 11 is 1.51. The average Bonchev–Trinajstić information content (AvgIpc) is 2.74. The summed E-state index contributed by atoms with van der Waals surface area (Å²) in [4.78, 5) is 13.6. The number of nitrogens with one attached hydrogen (secondary N) is 1. The number of amides is 1. The fourth-order valence-electron chi connectivity index (χ4n) is 1.22. The van der Waals surface area contributed by atoms with Crippen LogP contribution in [0.2, 0.25) is 0 Å². The van der Waals surface area contributed by atoms with Crippen molar-refractivity contribution in [3.05, 3.63) is 21.9 Å². The van der Waals surface area contributed by atoms with Crippen molar-refractivity contribution in [2.45, 2.75) is 32.7 Å². The van der Waals surface area contributed by atoms with Crippen LogP contribution in [0.25, 0.3) is 0 Å². The highest BCUT2D eigenvalue weighted by Gasteiger charge is 2.12. The van der Waals surface area contributed by atoms with Crippen LogP contribution in [0.5, 0.6) is 0 Å². The van der Waals surface area contributed by atoms with Crippen LogP contribution in [0, 0.1) is 0 Å². The van der Waals surface area contributed by atoms with Gasteiger partial charge in [0.05, 0.1) is 17.5 Å². The van der Waals surface area contributed by atoms with E-state index < -0.39 is 0 Å². The van der Waals surface area contributed by atoms with Gasteiger partial charge in [0.2, 0.25) is 0 Å². The monoisotopic (exact) mass is 227 g/mol. The topological polar surface area (TPSA) is 49.3 Å². The maximum atomic E-state index is 11.7. The molecular weight excluding hydrogens is 210 g/mol. The van der Waals surface area contributed by atoms with Gasteiger partial charge in [0, 0.05) is 4.88 Å². The Morgan fingerprint density at radius 2 is 2.27 bits per heavy atom. The van der Waals surface area contributed by atoms with E-state index in [0.29, 0.717) is 0 Å². The molecule has 15 heavy (non-hydrogen) atoms. The molecule has 0 aliphatic heterocycles. The first-order valence-corrected chi connectivity index (χ1v) is 6.03. The summed E-state index contributed by atoms with van der Waals surface area (Å²) in [7, 11) is 0. The van der Waals surface area contributed by atoms with Crippen LogP contribution in [0.1, 0.15) is 34.8 Å². The third-order valence-electron chi connectivity index (χ3n) is 2.28. The first-order valence-electron chi connectivity index (χ1n) is 5.21. The Bertz CT molecular complexity index is 318. The van der Waals surface area contributed by atoms with Gasteiger partial charge in [-0.2, -0.15) is 0 Å². The molecule has 1 aromatic rings. The molecule has 1 heterocycles. The van der Waals surface area contributed by atoms with Gasteiger partial charge < -0.3 is 10.4 Å². The Morgan fingerprint density at radius 3 is 2.73 bits per heavy atom. The lowest BCUT2D eigenvalue weighted by Crippen LogP contribution is -2.36. The number of aliphatic hydroxyl groups is 1. The second-order valence-electron chi connectivity index (χ2n) is 3.38. The highest BCUT2D eigenvalue weighted by Crippen LogP contribution is 2.16. The van der Waals surface area contributed by atoms with Crippen molar-refractivity contribution in [3.63, 3.8) is 0 Å². The second-order valence-corrected chi connectivity index (χ2v) is 4.55. The van der Waals surface area contributed by atoms with Crippen LogP contribution >= 0.6 is 11.3 Å². The zero-order chi connectivity index (χ0) is 11.3. The van der Waals surface area contributed by atoms with Gasteiger partial charge in [-0.25, -0.2) is 0 Å². The summed E-state index contributed by atoms with van der Waals surface area (Å²) < 4.78 is 0. The molecule has 84 valence electrons. The van der Waals surface area contributed by atoms with Crippen molar-refractivity contribution >= 4 is 17.2 Å². The van der Waals surface area contributed by atoms with Crippen molar-refractivity contribution in [1.29, 1.82) is 0 Å². The molecule has 1 atom stereocenters. The minimum Gasteiger partial charge on any atom is -0.394 e. The van der Waals surface area contributed by atoms with Crippen molar-refractivity contribution < 1.29 is 9.90 Å². The van der Waals surface area contributed by atoms with E-state index in [2.05, 4.69) is 12.2 Å². The van der Waals surface area contributed by atoms with Gasteiger partial charge in [-0.1, -0.05) is 13.8 Å². The molecule has 4 heteroatoms. The fraction of sp³-hybridized carbons (Fsp3) is 0.545. The van der Waals surface area contributed by atoms with Gasteiger partial charge in [0.1, 0.15) is 0 Å². The molecule has 0 bridgehead atoms. The van der Waals surface area contributed by atoms with Gasteiger partial charge in [0.15, 0.2) is 0 Å². The number of carbonyl (C=O) groups excluding carboxylic acids is 1. The van der Waals surface area contributed by atoms with Crippen LogP contribution in [-0.4, -0.2) is 23.7 Å². The SMILES string of the molecule is CCc1ccc(C(=O)N[C@@H](CC)CO)s1. The van der Waals surface area contributed by atoms with Crippen molar-refractivity contribution in [3.8, 4) is 0 Å². The highest BCUT2D eigenvalue weighted by molar-refractivity contribution is 7.14. The van der Waals surface area contributed by atoms with Crippen LogP contribution in [-0.2, 0) is 6.42 Å². The Morgan fingerprint density at radius 1 is 1.53 bits per heavy atom. The number of aliphatic hydroxyl groups excluding tert-OH is 1. The smallest absolute Gasteiger partial charge is 0.261 e. The van der Waals surface area contributed by atoms with Crippen molar-refractivity contribution in [2.24, 2.45) is 0 Å². The van der Waals surface area contributed by atoms with Crippen molar-refractivity contribution in [1.82, 2.24) is 5.32 Å². The third kappa shape index (κ3) is 3.32. The summed E-state index contributed by atoms with van der Waals surface area (Å²) in [6.07, 6.45) is 1.70. The largest absolute Gasteiger partial charge is 0.394 e. The number of aryl methyl sites for hydroxylation is 1. The van der Waals surface area contributed by atoms with Crippen LogP contribution in [0.3, 0.4) is 0 Å². The summed E-state index contributed by atoms with van der Waals surface area (Å²) in [6, 6.07) is 3.67. The van der Waals surface area contributed by atoms with E-state index in [1.54, 1.807) is 0 Å². The summed E-state index contributed by atoms with van der Waals surface area (Å²) in [5, 5.41) is 11.8. The minimum atomic E-state index is -0.135.